The third kappa shape index (κ3) is 3.51. The second-order valence-corrected chi connectivity index (χ2v) is 5.52. The van der Waals surface area contributed by atoms with E-state index >= 15 is 0 Å². The maximum atomic E-state index is 12.3. The Balaban J connectivity index is 1.72. The highest BCUT2D eigenvalue weighted by Gasteiger charge is 2.13. The Bertz CT molecular complexity index is 1060. The van der Waals surface area contributed by atoms with E-state index in [4.69, 9.17) is 0 Å². The average molecular weight is 354 g/mol. The van der Waals surface area contributed by atoms with Crippen molar-refractivity contribution in [3.8, 4) is 5.75 Å². The number of fused-ring (bicyclic) bond motifs is 1. The van der Waals surface area contributed by atoms with Crippen molar-refractivity contribution in [2.24, 2.45) is 0 Å². The van der Waals surface area contributed by atoms with Crippen molar-refractivity contribution in [2.45, 2.75) is 13.0 Å². The molecule has 26 heavy (non-hydrogen) atoms. The molecular formula is C17H14N4O5. The Morgan fingerprint density at radius 1 is 1.27 bits per heavy atom. The molecule has 1 heterocycles. The number of para-hydroxylation sites is 1. The molecule has 132 valence electrons. The van der Waals surface area contributed by atoms with E-state index in [1.807, 2.05) is 0 Å². The summed E-state index contributed by atoms with van der Waals surface area (Å²) in [5, 5.41) is 23.3. The second-order valence-electron chi connectivity index (χ2n) is 5.52. The van der Waals surface area contributed by atoms with Crippen LogP contribution in [0.15, 0.2) is 53.6 Å². The number of aromatic hydroxyl groups is 1. The van der Waals surface area contributed by atoms with E-state index in [1.54, 1.807) is 24.3 Å². The number of hydrogen-bond donors (Lipinski definition) is 2. The van der Waals surface area contributed by atoms with Gasteiger partial charge >= 0.3 is 0 Å². The van der Waals surface area contributed by atoms with E-state index < -0.39 is 10.8 Å². The first kappa shape index (κ1) is 17.1. The van der Waals surface area contributed by atoms with Crippen molar-refractivity contribution in [2.75, 3.05) is 5.32 Å². The standard InChI is InChI=1S/C17H14N4O5/c22-15-6-5-11(21(25)26)9-14(15)19-16(23)7-8-20-10-18-13-4-2-1-3-12(13)17(20)24/h1-6,9-10,22H,7-8H2,(H,19,23). The van der Waals surface area contributed by atoms with Gasteiger partial charge in [-0.3, -0.25) is 24.3 Å². The minimum atomic E-state index is -0.630. The number of nitro groups is 1. The first-order valence-electron chi connectivity index (χ1n) is 7.67. The summed E-state index contributed by atoms with van der Waals surface area (Å²) in [7, 11) is 0. The van der Waals surface area contributed by atoms with Gasteiger partial charge in [-0.15, -0.1) is 0 Å². The smallest absolute Gasteiger partial charge is 0.271 e. The molecule has 3 aromatic rings. The lowest BCUT2D eigenvalue weighted by molar-refractivity contribution is -0.384. The SMILES string of the molecule is O=C(CCn1cnc2ccccc2c1=O)Nc1cc([N+](=O)[O-])ccc1O. The van der Waals surface area contributed by atoms with Crippen LogP contribution in [0.5, 0.6) is 5.75 Å². The number of nitrogens with zero attached hydrogens (tertiary/aromatic N) is 3. The Hall–Kier alpha value is -3.75. The number of phenols is 1. The van der Waals surface area contributed by atoms with Crippen LogP contribution >= 0.6 is 0 Å². The number of non-ortho nitro benzene ring substituents is 1. The number of rotatable bonds is 5. The summed E-state index contributed by atoms with van der Waals surface area (Å²) in [5.74, 6) is -0.783. The molecule has 3 rings (SSSR count). The first-order chi connectivity index (χ1) is 12.5. The molecule has 0 aliphatic heterocycles. The van der Waals surface area contributed by atoms with Crippen LogP contribution in [0.2, 0.25) is 0 Å². The lowest BCUT2D eigenvalue weighted by Gasteiger charge is -2.09. The van der Waals surface area contributed by atoms with Crippen LogP contribution in [0.25, 0.3) is 10.9 Å². The molecule has 0 bridgehead atoms. The molecule has 0 unspecified atom stereocenters. The van der Waals surface area contributed by atoms with Crippen molar-refractivity contribution < 1.29 is 14.8 Å². The molecule has 0 radical (unpaired) electrons. The predicted octanol–water partition coefficient (Wildman–Crippen LogP) is 2.04. The van der Waals surface area contributed by atoms with Gasteiger partial charge in [-0.25, -0.2) is 4.98 Å². The molecule has 1 amide bonds. The van der Waals surface area contributed by atoms with Crippen LogP contribution in [0.4, 0.5) is 11.4 Å². The number of benzene rings is 2. The van der Waals surface area contributed by atoms with E-state index in [9.17, 15) is 24.8 Å². The minimum absolute atomic E-state index is 0.0619. The molecule has 0 aliphatic rings. The summed E-state index contributed by atoms with van der Waals surface area (Å²) in [6, 6.07) is 10.2. The fourth-order valence-corrected chi connectivity index (χ4v) is 2.44. The number of carbonyl (C=O) groups excluding carboxylic acids is 1. The van der Waals surface area contributed by atoms with Crippen LogP contribution in [0.3, 0.4) is 0 Å². The van der Waals surface area contributed by atoms with Crippen molar-refractivity contribution in [3.63, 3.8) is 0 Å². The number of phenolic OH excluding ortho intramolecular Hbond substituents is 1. The Morgan fingerprint density at radius 2 is 2.04 bits per heavy atom. The molecular weight excluding hydrogens is 340 g/mol. The average Bonchev–Trinajstić information content (AvgIpc) is 2.63. The van der Waals surface area contributed by atoms with Crippen LogP contribution in [0, 0.1) is 10.1 Å². The lowest BCUT2D eigenvalue weighted by atomic mass is 10.2. The highest BCUT2D eigenvalue weighted by molar-refractivity contribution is 5.92. The summed E-state index contributed by atoms with van der Waals surface area (Å²) < 4.78 is 1.31. The van der Waals surface area contributed by atoms with Gasteiger partial charge in [0.05, 0.1) is 27.8 Å². The molecule has 9 heteroatoms. The van der Waals surface area contributed by atoms with Crippen molar-refractivity contribution in [3.05, 3.63) is 69.3 Å². The first-order valence-corrected chi connectivity index (χ1v) is 7.67. The lowest BCUT2D eigenvalue weighted by Crippen LogP contribution is -2.23. The zero-order chi connectivity index (χ0) is 18.7. The van der Waals surface area contributed by atoms with Crippen LogP contribution < -0.4 is 10.9 Å². The van der Waals surface area contributed by atoms with Crippen LogP contribution in [0.1, 0.15) is 6.42 Å². The summed E-state index contributed by atoms with van der Waals surface area (Å²) >= 11 is 0. The van der Waals surface area contributed by atoms with Gasteiger partial charge in [-0.2, -0.15) is 0 Å². The van der Waals surface area contributed by atoms with E-state index in [-0.39, 0.29) is 35.6 Å². The Morgan fingerprint density at radius 3 is 2.81 bits per heavy atom. The molecule has 0 fully saturated rings. The minimum Gasteiger partial charge on any atom is -0.506 e. The van der Waals surface area contributed by atoms with Crippen molar-refractivity contribution >= 4 is 28.2 Å². The quantitative estimate of drug-likeness (QED) is 0.410. The maximum Gasteiger partial charge on any atom is 0.271 e. The third-order valence-electron chi connectivity index (χ3n) is 3.78. The highest BCUT2D eigenvalue weighted by Crippen LogP contribution is 2.27. The fourth-order valence-electron chi connectivity index (χ4n) is 2.44. The van der Waals surface area contributed by atoms with Gasteiger partial charge in [0.1, 0.15) is 5.75 Å². The molecule has 0 saturated heterocycles. The van der Waals surface area contributed by atoms with E-state index in [0.717, 1.165) is 18.2 Å². The van der Waals surface area contributed by atoms with Crippen LogP contribution in [-0.2, 0) is 11.3 Å². The number of nitro benzene ring substituents is 1. The number of nitrogens with one attached hydrogen (secondary N) is 1. The van der Waals surface area contributed by atoms with Crippen LogP contribution in [-0.4, -0.2) is 25.5 Å². The molecule has 0 atom stereocenters. The summed E-state index contributed by atoms with van der Waals surface area (Å²) in [5.41, 5.74) is -0.0115. The maximum absolute atomic E-state index is 12.3. The summed E-state index contributed by atoms with van der Waals surface area (Å²) in [6.07, 6.45) is 1.30. The van der Waals surface area contributed by atoms with Gasteiger partial charge in [0.15, 0.2) is 0 Å². The molecule has 9 nitrogen and oxygen atoms in total. The van der Waals surface area contributed by atoms with Gasteiger partial charge in [-0.05, 0) is 18.2 Å². The number of aromatic nitrogens is 2. The third-order valence-corrected chi connectivity index (χ3v) is 3.78. The molecule has 0 saturated carbocycles. The molecule has 2 N–H and O–H groups in total. The Kier molecular flexibility index (Phi) is 4.61. The second kappa shape index (κ2) is 7.01. The highest BCUT2D eigenvalue weighted by atomic mass is 16.6. The van der Waals surface area contributed by atoms with Gasteiger partial charge in [-0.1, -0.05) is 12.1 Å². The normalized spacial score (nSPS) is 10.6. The largest absolute Gasteiger partial charge is 0.506 e. The summed E-state index contributed by atoms with van der Waals surface area (Å²) in [6.45, 7) is 0.0815. The number of carbonyl (C=O) groups is 1. The van der Waals surface area contributed by atoms with Crippen molar-refractivity contribution in [1.82, 2.24) is 9.55 Å². The number of aryl methyl sites for hydroxylation is 1. The topological polar surface area (TPSA) is 127 Å². The van der Waals surface area contributed by atoms with Crippen molar-refractivity contribution in [1.29, 1.82) is 0 Å². The van der Waals surface area contributed by atoms with E-state index in [0.29, 0.717) is 10.9 Å². The number of hydrogen-bond acceptors (Lipinski definition) is 6. The Labute approximate surface area is 146 Å². The fraction of sp³-hybridized carbons (Fsp3) is 0.118. The van der Waals surface area contributed by atoms with E-state index in [1.165, 1.54) is 10.9 Å². The predicted molar refractivity (Wildman–Crippen MR) is 94.0 cm³/mol. The monoisotopic (exact) mass is 354 g/mol. The molecule has 1 aromatic heterocycles. The zero-order valence-electron chi connectivity index (χ0n) is 13.5. The number of amides is 1. The van der Waals surface area contributed by atoms with E-state index in [2.05, 4.69) is 10.3 Å². The van der Waals surface area contributed by atoms with Gasteiger partial charge in [0.25, 0.3) is 11.2 Å². The number of anilines is 1. The van der Waals surface area contributed by atoms with Gasteiger partial charge in [0, 0.05) is 25.1 Å². The summed E-state index contributed by atoms with van der Waals surface area (Å²) in [4.78, 5) is 38.7. The molecule has 2 aromatic carbocycles. The molecule has 0 aliphatic carbocycles. The zero-order valence-corrected chi connectivity index (χ0v) is 13.5. The molecule has 0 spiro atoms. The van der Waals surface area contributed by atoms with Gasteiger partial charge in [0.2, 0.25) is 5.91 Å². The van der Waals surface area contributed by atoms with Gasteiger partial charge < -0.3 is 10.4 Å².